The highest BCUT2D eigenvalue weighted by Gasteiger charge is 2.02. The minimum Gasteiger partial charge on any atom is -0.482 e. The van der Waals surface area contributed by atoms with E-state index in [2.05, 4.69) is 36.4 Å². The van der Waals surface area contributed by atoms with Gasteiger partial charge in [-0.1, -0.05) is 66.7 Å². The minimum atomic E-state index is -0.981. The Balaban J connectivity index is 1.76. The van der Waals surface area contributed by atoms with E-state index < -0.39 is 5.97 Å². The van der Waals surface area contributed by atoms with E-state index in [0.717, 1.165) is 11.1 Å². The molecule has 3 aromatic rings. The van der Waals surface area contributed by atoms with Crippen molar-refractivity contribution >= 4 is 5.97 Å². The molecule has 3 rings (SSSR count). The second kappa shape index (κ2) is 6.79. The van der Waals surface area contributed by atoms with Crippen LogP contribution in [0.3, 0.4) is 0 Å². The highest BCUT2D eigenvalue weighted by atomic mass is 16.5. The van der Waals surface area contributed by atoms with Crippen LogP contribution in [0.25, 0.3) is 22.3 Å². The van der Waals surface area contributed by atoms with Gasteiger partial charge in [0.25, 0.3) is 0 Å². The Morgan fingerprint density at radius 2 is 1.13 bits per heavy atom. The van der Waals surface area contributed by atoms with Gasteiger partial charge in [-0.3, -0.25) is 0 Å². The number of carbonyl (C=O) groups is 1. The van der Waals surface area contributed by atoms with Crippen LogP contribution < -0.4 is 4.74 Å². The molecule has 3 heteroatoms. The van der Waals surface area contributed by atoms with Crippen molar-refractivity contribution in [1.29, 1.82) is 0 Å². The molecule has 1 N–H and O–H groups in total. The van der Waals surface area contributed by atoms with Crippen LogP contribution in [0.15, 0.2) is 78.9 Å². The van der Waals surface area contributed by atoms with Gasteiger partial charge in [-0.2, -0.15) is 0 Å². The Bertz CT molecular complexity index is 775. The smallest absolute Gasteiger partial charge is 0.341 e. The predicted molar refractivity (Wildman–Crippen MR) is 90.4 cm³/mol. The van der Waals surface area contributed by atoms with E-state index in [1.54, 1.807) is 12.1 Å². The molecule has 3 nitrogen and oxygen atoms in total. The van der Waals surface area contributed by atoms with Gasteiger partial charge in [0.1, 0.15) is 5.75 Å². The average molecular weight is 304 g/mol. The van der Waals surface area contributed by atoms with Gasteiger partial charge in [0.05, 0.1) is 0 Å². The van der Waals surface area contributed by atoms with Crippen molar-refractivity contribution in [1.82, 2.24) is 0 Å². The third kappa shape index (κ3) is 3.77. The zero-order valence-corrected chi connectivity index (χ0v) is 12.5. The van der Waals surface area contributed by atoms with Gasteiger partial charge >= 0.3 is 5.97 Å². The topological polar surface area (TPSA) is 46.5 Å². The third-order valence-corrected chi connectivity index (χ3v) is 3.54. The van der Waals surface area contributed by atoms with Crippen LogP contribution in [0.5, 0.6) is 5.75 Å². The molecule has 114 valence electrons. The Labute approximate surface area is 134 Å². The Morgan fingerprint density at radius 1 is 0.696 bits per heavy atom. The number of benzene rings is 3. The number of ether oxygens (including phenoxy) is 1. The number of carboxylic acid groups (broad SMARTS) is 1. The summed E-state index contributed by atoms with van der Waals surface area (Å²) in [5, 5.41) is 8.60. The van der Waals surface area contributed by atoms with Crippen molar-refractivity contribution in [2.75, 3.05) is 6.61 Å². The van der Waals surface area contributed by atoms with Crippen LogP contribution in [-0.2, 0) is 4.79 Å². The number of rotatable bonds is 5. The van der Waals surface area contributed by atoms with E-state index in [0.29, 0.717) is 5.75 Å². The van der Waals surface area contributed by atoms with Crippen LogP contribution in [-0.4, -0.2) is 17.7 Å². The molecular formula is C20H16O3. The highest BCUT2D eigenvalue weighted by Crippen LogP contribution is 2.26. The molecule has 0 aliphatic carbocycles. The third-order valence-electron chi connectivity index (χ3n) is 3.54. The molecule has 0 aliphatic heterocycles. The summed E-state index contributed by atoms with van der Waals surface area (Å²) in [6, 6.07) is 26.0. The number of aliphatic carboxylic acids is 1. The lowest BCUT2D eigenvalue weighted by Crippen LogP contribution is -2.09. The molecule has 0 aliphatic rings. The molecule has 0 heterocycles. The van der Waals surface area contributed by atoms with Crippen LogP contribution in [0.1, 0.15) is 0 Å². The lowest BCUT2D eigenvalue weighted by atomic mass is 10.0. The quantitative estimate of drug-likeness (QED) is 0.755. The molecule has 0 spiro atoms. The molecular weight excluding hydrogens is 288 g/mol. The van der Waals surface area contributed by atoms with Gasteiger partial charge in [0.2, 0.25) is 0 Å². The van der Waals surface area contributed by atoms with Gasteiger partial charge < -0.3 is 9.84 Å². The normalized spacial score (nSPS) is 10.3. The molecule has 0 radical (unpaired) electrons. The lowest BCUT2D eigenvalue weighted by Gasteiger charge is -2.07. The zero-order chi connectivity index (χ0) is 16.1. The minimum absolute atomic E-state index is 0.328. The Morgan fingerprint density at radius 3 is 1.61 bits per heavy atom. The van der Waals surface area contributed by atoms with E-state index in [-0.39, 0.29) is 6.61 Å². The Hall–Kier alpha value is -3.07. The van der Waals surface area contributed by atoms with Gasteiger partial charge in [0, 0.05) is 0 Å². The summed E-state index contributed by atoms with van der Waals surface area (Å²) in [7, 11) is 0. The first-order chi connectivity index (χ1) is 11.2. The Kier molecular flexibility index (Phi) is 4.39. The fourth-order valence-electron chi connectivity index (χ4n) is 2.37. The van der Waals surface area contributed by atoms with E-state index >= 15 is 0 Å². The van der Waals surface area contributed by atoms with Crippen molar-refractivity contribution in [3.63, 3.8) is 0 Å². The van der Waals surface area contributed by atoms with Crippen molar-refractivity contribution in [3.05, 3.63) is 78.9 Å². The largest absolute Gasteiger partial charge is 0.482 e. The van der Waals surface area contributed by atoms with Gasteiger partial charge in [-0.15, -0.1) is 0 Å². The SMILES string of the molecule is O=C(O)COc1ccc(-c2ccc(-c3ccccc3)cc2)cc1. The van der Waals surface area contributed by atoms with Crippen LogP contribution in [0.2, 0.25) is 0 Å². The van der Waals surface area contributed by atoms with Crippen molar-refractivity contribution < 1.29 is 14.6 Å². The molecule has 0 saturated carbocycles. The maximum atomic E-state index is 10.5. The molecule has 3 aromatic carbocycles. The first kappa shape index (κ1) is 14.9. The van der Waals surface area contributed by atoms with E-state index in [1.807, 2.05) is 30.3 Å². The molecule has 23 heavy (non-hydrogen) atoms. The first-order valence-corrected chi connectivity index (χ1v) is 7.33. The molecule has 0 amide bonds. The molecule has 0 atom stereocenters. The van der Waals surface area contributed by atoms with Crippen LogP contribution in [0.4, 0.5) is 0 Å². The van der Waals surface area contributed by atoms with Crippen molar-refractivity contribution in [3.8, 4) is 28.0 Å². The number of carboxylic acids is 1. The van der Waals surface area contributed by atoms with Crippen molar-refractivity contribution in [2.45, 2.75) is 0 Å². The van der Waals surface area contributed by atoms with Gasteiger partial charge in [-0.25, -0.2) is 4.79 Å². The summed E-state index contributed by atoms with van der Waals surface area (Å²) in [4.78, 5) is 10.5. The molecule has 0 aromatic heterocycles. The summed E-state index contributed by atoms with van der Waals surface area (Å²) in [6.07, 6.45) is 0. The summed E-state index contributed by atoms with van der Waals surface area (Å²) < 4.78 is 5.14. The summed E-state index contributed by atoms with van der Waals surface area (Å²) in [5.74, 6) is -0.428. The van der Waals surface area contributed by atoms with Crippen molar-refractivity contribution in [2.24, 2.45) is 0 Å². The predicted octanol–water partition coefficient (Wildman–Crippen LogP) is 4.48. The maximum Gasteiger partial charge on any atom is 0.341 e. The van der Waals surface area contributed by atoms with E-state index in [4.69, 9.17) is 9.84 Å². The van der Waals surface area contributed by atoms with Crippen LogP contribution in [0, 0.1) is 0 Å². The second-order valence-electron chi connectivity index (χ2n) is 5.15. The monoisotopic (exact) mass is 304 g/mol. The lowest BCUT2D eigenvalue weighted by molar-refractivity contribution is -0.139. The summed E-state index contributed by atoms with van der Waals surface area (Å²) in [6.45, 7) is -0.328. The number of hydrogen-bond acceptors (Lipinski definition) is 2. The highest BCUT2D eigenvalue weighted by molar-refractivity contribution is 5.71. The van der Waals surface area contributed by atoms with E-state index in [9.17, 15) is 4.79 Å². The summed E-state index contributed by atoms with van der Waals surface area (Å²) >= 11 is 0. The molecule has 0 unspecified atom stereocenters. The van der Waals surface area contributed by atoms with Crippen LogP contribution >= 0.6 is 0 Å². The average Bonchev–Trinajstić information content (AvgIpc) is 2.61. The maximum absolute atomic E-state index is 10.5. The molecule has 0 fully saturated rings. The van der Waals surface area contributed by atoms with E-state index in [1.165, 1.54) is 11.1 Å². The first-order valence-electron chi connectivity index (χ1n) is 7.33. The molecule has 0 saturated heterocycles. The fourth-order valence-corrected chi connectivity index (χ4v) is 2.37. The van der Waals surface area contributed by atoms with Gasteiger partial charge in [0.15, 0.2) is 6.61 Å². The molecule has 0 bridgehead atoms. The number of hydrogen-bond donors (Lipinski definition) is 1. The zero-order valence-electron chi connectivity index (χ0n) is 12.5. The summed E-state index contributed by atoms with van der Waals surface area (Å²) in [5.41, 5.74) is 4.54. The van der Waals surface area contributed by atoms with Gasteiger partial charge in [-0.05, 0) is 34.4 Å². The second-order valence-corrected chi connectivity index (χ2v) is 5.15. The standard InChI is InChI=1S/C20H16O3/c21-20(22)14-23-19-12-10-18(11-13-19)17-8-6-16(7-9-17)15-4-2-1-3-5-15/h1-13H,14H2,(H,21,22). The fraction of sp³-hybridized carbons (Fsp3) is 0.0500.